The molecule has 33 heavy (non-hydrogen) atoms. The Balaban J connectivity index is 1.42. The van der Waals surface area contributed by atoms with Crippen molar-refractivity contribution in [2.24, 2.45) is 5.92 Å². The van der Waals surface area contributed by atoms with Crippen molar-refractivity contribution in [3.05, 3.63) is 82.3 Å². The van der Waals surface area contributed by atoms with Gasteiger partial charge in [-0.1, -0.05) is 18.6 Å². The number of hydrogen-bond acceptors (Lipinski definition) is 6. The van der Waals surface area contributed by atoms with Gasteiger partial charge in [0.1, 0.15) is 17.1 Å². The molecular weight excluding hydrogens is 427 g/mol. The number of fused-ring (bicyclic) bond motifs is 1. The summed E-state index contributed by atoms with van der Waals surface area (Å²) in [7, 11) is 0. The minimum atomic E-state index is -0.747. The normalized spacial score (nSPS) is 24.3. The summed E-state index contributed by atoms with van der Waals surface area (Å²) in [5.41, 5.74) is 0.0955. The number of aromatic nitrogens is 3. The number of pyridine rings is 1. The quantitative estimate of drug-likeness (QED) is 0.633. The Labute approximate surface area is 189 Å². The van der Waals surface area contributed by atoms with Crippen molar-refractivity contribution in [3.8, 4) is 5.69 Å². The first-order chi connectivity index (χ1) is 16.0. The highest BCUT2D eigenvalue weighted by atomic mass is 19.1. The molecule has 1 aromatic carbocycles. The van der Waals surface area contributed by atoms with Crippen LogP contribution in [0.15, 0.2) is 59.8 Å². The molecule has 2 aromatic heterocycles. The summed E-state index contributed by atoms with van der Waals surface area (Å²) >= 11 is 0. The highest BCUT2D eigenvalue weighted by molar-refractivity contribution is 6.04. The van der Waals surface area contributed by atoms with Crippen molar-refractivity contribution in [2.75, 3.05) is 5.32 Å². The van der Waals surface area contributed by atoms with Crippen LogP contribution in [0.4, 0.5) is 10.1 Å². The van der Waals surface area contributed by atoms with Gasteiger partial charge in [-0.25, -0.2) is 4.39 Å². The number of carbonyl (C=O) groups is 1. The Morgan fingerprint density at radius 3 is 2.88 bits per heavy atom. The van der Waals surface area contributed by atoms with Crippen LogP contribution in [0.2, 0.25) is 0 Å². The van der Waals surface area contributed by atoms with E-state index in [1.807, 2.05) is 0 Å². The molecule has 170 valence electrons. The molecule has 2 fully saturated rings. The number of benzene rings is 1. The molecule has 1 aliphatic heterocycles. The SMILES string of the molecule is O=C(Nc1cnccc1[C@H]1C[C@@H](O)[C@H]2CCC[C@H]2O1)c1ccnn(-c2ccccc2F)c1=O. The predicted octanol–water partition coefficient (Wildman–Crippen LogP) is 3.01. The molecule has 5 rings (SSSR count). The largest absolute Gasteiger partial charge is 0.393 e. The molecule has 2 N–H and O–H groups in total. The summed E-state index contributed by atoms with van der Waals surface area (Å²) in [5.74, 6) is -1.15. The van der Waals surface area contributed by atoms with Gasteiger partial charge in [0.25, 0.3) is 11.5 Å². The predicted molar refractivity (Wildman–Crippen MR) is 118 cm³/mol. The van der Waals surface area contributed by atoms with Crippen molar-refractivity contribution in [2.45, 2.75) is 44.0 Å². The number of ether oxygens (including phenoxy) is 1. The van der Waals surface area contributed by atoms with Gasteiger partial charge in [-0.05, 0) is 37.1 Å². The molecule has 1 amide bonds. The molecule has 9 heteroatoms. The molecule has 8 nitrogen and oxygen atoms in total. The van der Waals surface area contributed by atoms with Gasteiger partial charge in [0.15, 0.2) is 0 Å². The minimum Gasteiger partial charge on any atom is -0.393 e. The average Bonchev–Trinajstić information content (AvgIpc) is 3.29. The molecule has 4 atom stereocenters. The number of aliphatic hydroxyl groups excluding tert-OH is 1. The van der Waals surface area contributed by atoms with E-state index >= 15 is 0 Å². The van der Waals surface area contributed by atoms with Gasteiger partial charge in [0, 0.05) is 30.3 Å². The molecular formula is C24H23FN4O4. The number of halogens is 1. The minimum absolute atomic E-state index is 0.0105. The van der Waals surface area contributed by atoms with Crippen LogP contribution in [0.1, 0.15) is 47.7 Å². The van der Waals surface area contributed by atoms with Gasteiger partial charge in [0.05, 0.1) is 30.2 Å². The summed E-state index contributed by atoms with van der Waals surface area (Å²) < 4.78 is 21.3. The topological polar surface area (TPSA) is 106 Å². The Bertz CT molecular complexity index is 1250. The standard InChI is InChI=1S/C24H23FN4O4/c25-17-5-1-2-6-19(17)29-24(32)16(9-11-27-29)23(31)28-18-13-26-10-8-14(18)22-12-20(30)15-4-3-7-21(15)33-22/h1-2,5-6,8-11,13,15,20-22,30H,3-4,7,12H2,(H,28,31)/t15-,20-,21-,22-/m1/s1. The third kappa shape index (κ3) is 4.05. The molecule has 0 bridgehead atoms. The van der Waals surface area contributed by atoms with Crippen LogP contribution in [0.3, 0.4) is 0 Å². The summed E-state index contributed by atoms with van der Waals surface area (Å²) in [6, 6.07) is 8.73. The summed E-state index contributed by atoms with van der Waals surface area (Å²) in [4.78, 5) is 30.0. The van der Waals surface area contributed by atoms with Crippen molar-refractivity contribution < 1.29 is 19.0 Å². The third-order valence-corrected chi connectivity index (χ3v) is 6.41. The Kier molecular flexibility index (Phi) is 5.74. The van der Waals surface area contributed by atoms with Crippen LogP contribution >= 0.6 is 0 Å². The van der Waals surface area contributed by atoms with Gasteiger partial charge in [-0.2, -0.15) is 9.78 Å². The Hall–Kier alpha value is -3.43. The molecule has 1 saturated carbocycles. The number of nitrogens with zero attached hydrogens (tertiary/aromatic N) is 3. The van der Waals surface area contributed by atoms with Gasteiger partial charge in [-0.15, -0.1) is 0 Å². The van der Waals surface area contributed by atoms with Gasteiger partial charge >= 0.3 is 0 Å². The maximum atomic E-state index is 14.2. The maximum absolute atomic E-state index is 14.2. The molecule has 0 unspecified atom stereocenters. The van der Waals surface area contributed by atoms with Crippen LogP contribution in [0, 0.1) is 11.7 Å². The van der Waals surface area contributed by atoms with E-state index in [0.717, 1.165) is 23.9 Å². The average molecular weight is 450 g/mol. The zero-order chi connectivity index (χ0) is 22.9. The first kappa shape index (κ1) is 21.4. The van der Waals surface area contributed by atoms with Crippen molar-refractivity contribution in [3.63, 3.8) is 0 Å². The van der Waals surface area contributed by atoms with E-state index in [9.17, 15) is 19.1 Å². The second-order valence-electron chi connectivity index (χ2n) is 8.39. The van der Waals surface area contributed by atoms with Crippen molar-refractivity contribution in [1.29, 1.82) is 0 Å². The number of carbonyl (C=O) groups excluding carboxylic acids is 1. The highest BCUT2D eigenvalue weighted by Gasteiger charge is 2.41. The Morgan fingerprint density at radius 1 is 1.18 bits per heavy atom. The lowest BCUT2D eigenvalue weighted by molar-refractivity contribution is -0.125. The highest BCUT2D eigenvalue weighted by Crippen LogP contribution is 2.43. The van der Waals surface area contributed by atoms with Gasteiger partial charge in [0.2, 0.25) is 0 Å². The summed E-state index contributed by atoms with van der Waals surface area (Å²) in [6.45, 7) is 0. The van der Waals surface area contributed by atoms with E-state index < -0.39 is 29.5 Å². The summed E-state index contributed by atoms with van der Waals surface area (Å²) in [5, 5.41) is 17.2. The lowest BCUT2D eigenvalue weighted by Crippen LogP contribution is -2.38. The molecule has 3 heterocycles. The number of hydrogen-bond donors (Lipinski definition) is 2. The molecule has 1 saturated heterocycles. The first-order valence-electron chi connectivity index (χ1n) is 10.9. The Morgan fingerprint density at radius 2 is 2.03 bits per heavy atom. The second-order valence-corrected chi connectivity index (χ2v) is 8.39. The van der Waals surface area contributed by atoms with Gasteiger partial charge < -0.3 is 15.2 Å². The van der Waals surface area contributed by atoms with E-state index in [-0.39, 0.29) is 23.3 Å². The van der Waals surface area contributed by atoms with Crippen LogP contribution < -0.4 is 10.9 Å². The van der Waals surface area contributed by atoms with Crippen molar-refractivity contribution in [1.82, 2.24) is 14.8 Å². The maximum Gasteiger partial charge on any atom is 0.284 e. The van der Waals surface area contributed by atoms with E-state index in [1.165, 1.54) is 36.7 Å². The van der Waals surface area contributed by atoms with Crippen LogP contribution in [-0.2, 0) is 4.74 Å². The van der Waals surface area contributed by atoms with Crippen molar-refractivity contribution >= 4 is 11.6 Å². The first-order valence-corrected chi connectivity index (χ1v) is 10.9. The van der Waals surface area contributed by atoms with E-state index in [1.54, 1.807) is 18.3 Å². The smallest absolute Gasteiger partial charge is 0.284 e. The van der Waals surface area contributed by atoms with Crippen LogP contribution in [0.25, 0.3) is 5.69 Å². The number of amides is 1. The lowest BCUT2D eigenvalue weighted by atomic mass is 9.88. The number of para-hydroxylation sites is 1. The number of anilines is 1. The number of rotatable bonds is 4. The monoisotopic (exact) mass is 450 g/mol. The fourth-order valence-corrected chi connectivity index (χ4v) is 4.79. The number of aliphatic hydroxyl groups is 1. The second kappa shape index (κ2) is 8.84. The van der Waals surface area contributed by atoms with Crippen LogP contribution in [0.5, 0.6) is 0 Å². The van der Waals surface area contributed by atoms with E-state index in [2.05, 4.69) is 15.4 Å². The molecule has 2 aliphatic rings. The number of nitrogens with one attached hydrogen (secondary N) is 1. The van der Waals surface area contributed by atoms with E-state index in [0.29, 0.717) is 17.7 Å². The zero-order valence-corrected chi connectivity index (χ0v) is 17.7. The van der Waals surface area contributed by atoms with Crippen LogP contribution in [-0.4, -0.2) is 38.0 Å². The van der Waals surface area contributed by atoms with E-state index in [4.69, 9.17) is 4.74 Å². The lowest BCUT2D eigenvalue weighted by Gasteiger charge is -2.37. The fourth-order valence-electron chi connectivity index (χ4n) is 4.79. The molecule has 0 radical (unpaired) electrons. The fraction of sp³-hybridized carbons (Fsp3) is 0.333. The molecule has 0 spiro atoms. The summed E-state index contributed by atoms with van der Waals surface area (Å²) in [6.07, 6.45) is 6.77. The molecule has 1 aliphatic carbocycles. The van der Waals surface area contributed by atoms with Gasteiger partial charge in [-0.3, -0.25) is 14.6 Å². The third-order valence-electron chi connectivity index (χ3n) is 6.41. The molecule has 3 aromatic rings. The zero-order valence-electron chi connectivity index (χ0n) is 17.7.